The van der Waals surface area contributed by atoms with Crippen LogP contribution < -0.4 is 5.73 Å². The minimum atomic E-state index is 0.345. The van der Waals surface area contributed by atoms with Crippen molar-refractivity contribution in [1.82, 2.24) is 9.80 Å². The van der Waals surface area contributed by atoms with Gasteiger partial charge in [-0.1, -0.05) is 13.8 Å². The zero-order valence-electron chi connectivity index (χ0n) is 11.4. The zero-order chi connectivity index (χ0) is 12.0. The quantitative estimate of drug-likeness (QED) is 0.746. The van der Waals surface area contributed by atoms with Crippen LogP contribution in [0.3, 0.4) is 0 Å². The van der Waals surface area contributed by atoms with Gasteiger partial charge in [0.05, 0.1) is 0 Å². The van der Waals surface area contributed by atoms with E-state index in [1.807, 2.05) is 0 Å². The van der Waals surface area contributed by atoms with Gasteiger partial charge in [-0.3, -0.25) is 9.80 Å². The van der Waals surface area contributed by atoms with Gasteiger partial charge < -0.3 is 5.73 Å². The Morgan fingerprint density at radius 2 is 1.82 bits per heavy atom. The molecule has 17 heavy (non-hydrogen) atoms. The van der Waals surface area contributed by atoms with Crippen molar-refractivity contribution in [3.8, 4) is 0 Å². The van der Waals surface area contributed by atoms with Crippen molar-refractivity contribution in [2.24, 2.45) is 11.1 Å². The third kappa shape index (κ3) is 2.02. The van der Waals surface area contributed by atoms with E-state index in [2.05, 4.69) is 23.6 Å². The third-order valence-electron chi connectivity index (χ3n) is 5.49. The number of fused-ring (bicyclic) bond motifs is 1. The zero-order valence-corrected chi connectivity index (χ0v) is 11.4. The molecule has 2 aliphatic heterocycles. The first-order valence-electron chi connectivity index (χ1n) is 7.31. The standard InChI is InChI=1S/C14H27N3/c1-14(2)6-5-12(13(14)15)17-9-8-16-7-3-4-11(16)10-17/h11-13H,3-10,15H2,1-2H3. The fraction of sp³-hybridized carbons (Fsp3) is 1.00. The molecule has 0 aromatic heterocycles. The van der Waals surface area contributed by atoms with Crippen LogP contribution in [0.1, 0.15) is 39.5 Å². The molecular formula is C14H27N3. The first-order chi connectivity index (χ1) is 8.08. The van der Waals surface area contributed by atoms with Crippen LogP contribution in [0.5, 0.6) is 0 Å². The summed E-state index contributed by atoms with van der Waals surface area (Å²) < 4.78 is 0. The molecule has 3 heteroatoms. The highest BCUT2D eigenvalue weighted by atomic mass is 15.3. The van der Waals surface area contributed by atoms with Gasteiger partial charge in [-0.25, -0.2) is 0 Å². The Balaban J connectivity index is 1.66. The van der Waals surface area contributed by atoms with Gasteiger partial charge in [0, 0.05) is 37.8 Å². The normalized spacial score (nSPS) is 42.9. The first kappa shape index (κ1) is 11.9. The SMILES string of the molecule is CC1(C)CCC(N2CCN3CCCC3C2)C1N. The maximum atomic E-state index is 6.47. The summed E-state index contributed by atoms with van der Waals surface area (Å²) in [6.07, 6.45) is 5.41. The van der Waals surface area contributed by atoms with Crippen molar-refractivity contribution in [2.75, 3.05) is 26.2 Å². The summed E-state index contributed by atoms with van der Waals surface area (Å²) in [6, 6.07) is 1.85. The van der Waals surface area contributed by atoms with E-state index in [1.165, 1.54) is 51.9 Å². The molecule has 1 saturated carbocycles. The fourth-order valence-electron chi connectivity index (χ4n) is 4.11. The van der Waals surface area contributed by atoms with Crippen molar-refractivity contribution in [2.45, 2.75) is 57.7 Å². The molecule has 0 amide bonds. The van der Waals surface area contributed by atoms with Crippen LogP contribution in [0.2, 0.25) is 0 Å². The summed E-state index contributed by atoms with van der Waals surface area (Å²) in [4.78, 5) is 5.38. The lowest BCUT2D eigenvalue weighted by Crippen LogP contribution is -2.57. The molecule has 3 atom stereocenters. The molecule has 2 N–H and O–H groups in total. The second kappa shape index (κ2) is 4.22. The first-order valence-corrected chi connectivity index (χ1v) is 7.31. The maximum Gasteiger partial charge on any atom is 0.0253 e. The molecule has 3 aliphatic rings. The van der Waals surface area contributed by atoms with E-state index in [9.17, 15) is 0 Å². The van der Waals surface area contributed by atoms with Gasteiger partial charge in [-0.2, -0.15) is 0 Å². The van der Waals surface area contributed by atoms with Gasteiger partial charge in [-0.05, 0) is 37.6 Å². The Labute approximate surface area is 105 Å². The molecule has 2 saturated heterocycles. The number of piperazine rings is 1. The third-order valence-corrected chi connectivity index (χ3v) is 5.49. The van der Waals surface area contributed by atoms with E-state index in [4.69, 9.17) is 5.73 Å². The lowest BCUT2D eigenvalue weighted by atomic mass is 9.87. The summed E-state index contributed by atoms with van der Waals surface area (Å²) >= 11 is 0. The monoisotopic (exact) mass is 237 g/mol. The van der Waals surface area contributed by atoms with Crippen molar-refractivity contribution < 1.29 is 0 Å². The minimum Gasteiger partial charge on any atom is -0.326 e. The van der Waals surface area contributed by atoms with Crippen LogP contribution in [0, 0.1) is 5.41 Å². The molecule has 3 fully saturated rings. The molecule has 0 radical (unpaired) electrons. The van der Waals surface area contributed by atoms with Crippen molar-refractivity contribution in [3.05, 3.63) is 0 Å². The topological polar surface area (TPSA) is 32.5 Å². The number of nitrogens with two attached hydrogens (primary N) is 1. The highest BCUT2D eigenvalue weighted by Gasteiger charge is 2.44. The molecule has 0 aromatic rings. The van der Waals surface area contributed by atoms with Crippen molar-refractivity contribution in [3.63, 3.8) is 0 Å². The lowest BCUT2D eigenvalue weighted by Gasteiger charge is -2.42. The molecule has 3 unspecified atom stereocenters. The summed E-state index contributed by atoms with van der Waals surface area (Å²) in [7, 11) is 0. The molecule has 3 rings (SSSR count). The predicted molar refractivity (Wildman–Crippen MR) is 70.9 cm³/mol. The second-order valence-electron chi connectivity index (χ2n) is 6.95. The number of rotatable bonds is 1. The van der Waals surface area contributed by atoms with Gasteiger partial charge in [-0.15, -0.1) is 0 Å². The average Bonchev–Trinajstić information content (AvgIpc) is 2.84. The minimum absolute atomic E-state index is 0.345. The van der Waals surface area contributed by atoms with Gasteiger partial charge in [0.15, 0.2) is 0 Å². The molecule has 0 aromatic carbocycles. The Morgan fingerprint density at radius 1 is 1.06 bits per heavy atom. The van der Waals surface area contributed by atoms with E-state index in [1.54, 1.807) is 0 Å². The summed E-state index contributed by atoms with van der Waals surface area (Å²) in [5, 5.41) is 0. The number of hydrogen-bond acceptors (Lipinski definition) is 3. The Kier molecular flexibility index (Phi) is 2.96. The predicted octanol–water partition coefficient (Wildman–Crippen LogP) is 1.28. The van der Waals surface area contributed by atoms with E-state index in [-0.39, 0.29) is 0 Å². The summed E-state index contributed by atoms with van der Waals surface area (Å²) in [5.41, 5.74) is 6.81. The second-order valence-corrected chi connectivity index (χ2v) is 6.95. The molecule has 2 heterocycles. The van der Waals surface area contributed by atoms with E-state index in [0.29, 0.717) is 17.5 Å². The van der Waals surface area contributed by atoms with Gasteiger partial charge in [0.2, 0.25) is 0 Å². The van der Waals surface area contributed by atoms with Crippen LogP contribution >= 0.6 is 0 Å². The van der Waals surface area contributed by atoms with E-state index < -0.39 is 0 Å². The number of nitrogens with zero attached hydrogens (tertiary/aromatic N) is 2. The molecule has 98 valence electrons. The fourth-order valence-corrected chi connectivity index (χ4v) is 4.11. The smallest absolute Gasteiger partial charge is 0.0253 e. The lowest BCUT2D eigenvalue weighted by molar-refractivity contribution is 0.0624. The van der Waals surface area contributed by atoms with Gasteiger partial charge in [0.25, 0.3) is 0 Å². The summed E-state index contributed by atoms with van der Waals surface area (Å²) in [6.45, 7) is 9.79. The summed E-state index contributed by atoms with van der Waals surface area (Å²) in [5.74, 6) is 0. The average molecular weight is 237 g/mol. The van der Waals surface area contributed by atoms with Crippen LogP contribution in [-0.2, 0) is 0 Å². The Bertz CT molecular complexity index is 289. The largest absolute Gasteiger partial charge is 0.326 e. The van der Waals surface area contributed by atoms with Crippen molar-refractivity contribution >= 4 is 0 Å². The maximum absolute atomic E-state index is 6.47. The van der Waals surface area contributed by atoms with Gasteiger partial charge >= 0.3 is 0 Å². The van der Waals surface area contributed by atoms with Crippen LogP contribution in [-0.4, -0.2) is 54.1 Å². The van der Waals surface area contributed by atoms with E-state index >= 15 is 0 Å². The highest BCUT2D eigenvalue weighted by Crippen LogP contribution is 2.39. The van der Waals surface area contributed by atoms with Crippen LogP contribution in [0.15, 0.2) is 0 Å². The van der Waals surface area contributed by atoms with Crippen LogP contribution in [0.25, 0.3) is 0 Å². The molecule has 3 nitrogen and oxygen atoms in total. The Morgan fingerprint density at radius 3 is 2.53 bits per heavy atom. The van der Waals surface area contributed by atoms with Gasteiger partial charge in [0.1, 0.15) is 0 Å². The highest BCUT2D eigenvalue weighted by molar-refractivity contribution is 5.01. The van der Waals surface area contributed by atoms with Crippen LogP contribution in [0.4, 0.5) is 0 Å². The van der Waals surface area contributed by atoms with E-state index in [0.717, 1.165) is 6.04 Å². The molecule has 0 spiro atoms. The molecule has 0 bridgehead atoms. The number of hydrogen-bond donors (Lipinski definition) is 1. The Hall–Kier alpha value is -0.120. The molecular weight excluding hydrogens is 210 g/mol. The molecule has 1 aliphatic carbocycles. The van der Waals surface area contributed by atoms with Crippen molar-refractivity contribution in [1.29, 1.82) is 0 Å².